The van der Waals surface area contributed by atoms with Gasteiger partial charge in [-0.05, 0) is 73.4 Å². The van der Waals surface area contributed by atoms with Crippen LogP contribution in [0.3, 0.4) is 0 Å². The number of rotatable bonds is 7. The van der Waals surface area contributed by atoms with Crippen LogP contribution in [0.4, 0.5) is 5.69 Å². The van der Waals surface area contributed by atoms with Gasteiger partial charge in [-0.3, -0.25) is 9.36 Å². The van der Waals surface area contributed by atoms with Crippen molar-refractivity contribution in [2.75, 3.05) is 44.9 Å². The zero-order chi connectivity index (χ0) is 30.8. The number of carbonyl (C=O) groups excluding carboxylic acids is 1. The highest BCUT2D eigenvalue weighted by molar-refractivity contribution is 7.07. The average molecular weight is 610 g/mol. The van der Waals surface area contributed by atoms with Crippen LogP contribution in [0.2, 0.25) is 0 Å². The maximum atomic E-state index is 14.3. The van der Waals surface area contributed by atoms with E-state index < -0.39 is 12.0 Å². The second-order valence-corrected chi connectivity index (χ2v) is 11.8. The highest BCUT2D eigenvalue weighted by Gasteiger charge is 2.36. The van der Waals surface area contributed by atoms with E-state index in [9.17, 15) is 9.59 Å². The van der Waals surface area contributed by atoms with Gasteiger partial charge in [-0.1, -0.05) is 53.8 Å². The molecule has 1 atom stereocenters. The number of nitrogens with zero attached hydrogens (tertiary/aromatic N) is 3. The number of ether oxygens (including phenoxy) is 3. The van der Waals surface area contributed by atoms with Crippen molar-refractivity contribution in [3.8, 4) is 5.75 Å². The molecule has 1 unspecified atom stereocenters. The van der Waals surface area contributed by atoms with Gasteiger partial charge in [0.25, 0.3) is 5.56 Å². The van der Waals surface area contributed by atoms with Gasteiger partial charge in [-0.2, -0.15) is 0 Å². The molecule has 0 radical (unpaired) electrons. The smallest absolute Gasteiger partial charge is 0.338 e. The Labute approximate surface area is 260 Å². The van der Waals surface area contributed by atoms with Crippen LogP contribution in [0.1, 0.15) is 40.8 Å². The molecule has 8 nitrogen and oxygen atoms in total. The van der Waals surface area contributed by atoms with Crippen LogP contribution < -0.4 is 24.5 Å². The monoisotopic (exact) mass is 609 g/mol. The van der Waals surface area contributed by atoms with Gasteiger partial charge in [0.05, 0.1) is 48.8 Å². The van der Waals surface area contributed by atoms with Crippen molar-refractivity contribution in [1.82, 2.24) is 4.57 Å². The molecule has 44 heavy (non-hydrogen) atoms. The lowest BCUT2D eigenvalue weighted by Crippen LogP contribution is -2.40. The molecule has 0 spiro atoms. The number of benzene rings is 3. The zero-order valence-corrected chi connectivity index (χ0v) is 26.1. The third-order valence-electron chi connectivity index (χ3n) is 8.02. The summed E-state index contributed by atoms with van der Waals surface area (Å²) in [5.74, 6) is 0.241. The Morgan fingerprint density at radius 1 is 1.05 bits per heavy atom. The zero-order valence-electron chi connectivity index (χ0n) is 25.3. The number of fused-ring (bicyclic) bond motifs is 1. The minimum Gasteiger partial charge on any atom is -0.496 e. The maximum Gasteiger partial charge on any atom is 0.338 e. The minimum atomic E-state index is -0.740. The number of carbonyl (C=O) groups is 1. The molecular weight excluding hydrogens is 574 g/mol. The van der Waals surface area contributed by atoms with Gasteiger partial charge < -0.3 is 19.1 Å². The van der Waals surface area contributed by atoms with Crippen LogP contribution in [0.5, 0.6) is 5.75 Å². The average Bonchev–Trinajstić information content (AvgIpc) is 3.36. The number of hydrogen-bond donors (Lipinski definition) is 0. The molecule has 0 aliphatic carbocycles. The van der Waals surface area contributed by atoms with Gasteiger partial charge in [0, 0.05) is 24.3 Å². The Hall–Kier alpha value is -4.47. The highest BCUT2D eigenvalue weighted by Crippen LogP contribution is 2.38. The Morgan fingerprint density at radius 2 is 1.77 bits per heavy atom. The van der Waals surface area contributed by atoms with Gasteiger partial charge >= 0.3 is 5.97 Å². The number of anilines is 1. The first-order chi connectivity index (χ1) is 21.4. The number of methoxy groups -OCH3 is 1. The summed E-state index contributed by atoms with van der Waals surface area (Å²) in [5.41, 5.74) is 6.05. The summed E-state index contributed by atoms with van der Waals surface area (Å²) >= 11 is 1.32. The van der Waals surface area contributed by atoms with Gasteiger partial charge in [0.2, 0.25) is 0 Å². The molecule has 3 heterocycles. The number of thiazole rings is 1. The number of esters is 1. The molecule has 4 aromatic rings. The first-order valence-electron chi connectivity index (χ1n) is 14.8. The molecule has 2 aliphatic heterocycles. The van der Waals surface area contributed by atoms with E-state index in [1.807, 2.05) is 74.5 Å². The topological polar surface area (TPSA) is 82.4 Å². The second kappa shape index (κ2) is 12.6. The highest BCUT2D eigenvalue weighted by atomic mass is 32.1. The molecule has 3 aromatic carbocycles. The SMILES string of the molecule is CCOC(=O)C1=C(c2ccccc2)N=c2sc(=Cc3ccc(N4CCOCC4)cc3)c(=O)n2C1c1cc(C)c(OC)cc1C. The van der Waals surface area contributed by atoms with Crippen LogP contribution in [-0.2, 0) is 14.3 Å². The summed E-state index contributed by atoms with van der Waals surface area (Å²) in [4.78, 5) is 35.8. The maximum absolute atomic E-state index is 14.3. The van der Waals surface area contributed by atoms with Gasteiger partial charge in [0.1, 0.15) is 5.75 Å². The van der Waals surface area contributed by atoms with Crippen molar-refractivity contribution in [2.24, 2.45) is 4.99 Å². The molecule has 9 heteroatoms. The molecule has 0 saturated carbocycles. The van der Waals surface area contributed by atoms with Crippen molar-refractivity contribution in [3.63, 3.8) is 0 Å². The third-order valence-corrected chi connectivity index (χ3v) is 9.00. The van der Waals surface area contributed by atoms with Crippen LogP contribution >= 0.6 is 11.3 Å². The molecule has 1 fully saturated rings. The second-order valence-electron chi connectivity index (χ2n) is 10.8. The molecular formula is C35H35N3O5S. The van der Waals surface area contributed by atoms with Crippen LogP contribution in [0, 0.1) is 13.8 Å². The lowest BCUT2D eigenvalue weighted by molar-refractivity contribution is -0.138. The Bertz CT molecular complexity index is 1900. The third kappa shape index (κ3) is 5.60. The molecule has 0 N–H and O–H groups in total. The van der Waals surface area contributed by atoms with Crippen molar-refractivity contribution in [3.05, 3.63) is 120 Å². The summed E-state index contributed by atoms with van der Waals surface area (Å²) in [7, 11) is 1.63. The predicted molar refractivity (Wildman–Crippen MR) is 173 cm³/mol. The largest absolute Gasteiger partial charge is 0.496 e. The number of hydrogen-bond acceptors (Lipinski definition) is 8. The quantitative estimate of drug-likeness (QED) is 0.289. The minimum absolute atomic E-state index is 0.197. The van der Waals surface area contributed by atoms with Crippen LogP contribution in [-0.4, -0.2) is 50.6 Å². The van der Waals surface area contributed by atoms with E-state index in [2.05, 4.69) is 17.0 Å². The lowest BCUT2D eigenvalue weighted by Gasteiger charge is -2.28. The van der Waals surface area contributed by atoms with Gasteiger partial charge in [0.15, 0.2) is 4.80 Å². The van der Waals surface area contributed by atoms with E-state index in [0.29, 0.717) is 20.6 Å². The first kappa shape index (κ1) is 29.6. The van der Waals surface area contributed by atoms with E-state index in [4.69, 9.17) is 19.2 Å². The molecule has 1 saturated heterocycles. The molecule has 1 aromatic heterocycles. The van der Waals surface area contributed by atoms with Gasteiger partial charge in [-0.25, -0.2) is 9.79 Å². The van der Waals surface area contributed by atoms with E-state index in [1.165, 1.54) is 11.3 Å². The molecule has 226 valence electrons. The summed E-state index contributed by atoms with van der Waals surface area (Å²) in [6.45, 7) is 9.04. The Kier molecular flexibility index (Phi) is 8.50. The summed E-state index contributed by atoms with van der Waals surface area (Å²) in [6, 6.07) is 21.0. The predicted octanol–water partition coefficient (Wildman–Crippen LogP) is 4.40. The van der Waals surface area contributed by atoms with E-state index >= 15 is 0 Å². The molecule has 0 bridgehead atoms. The van der Waals surface area contributed by atoms with E-state index in [-0.39, 0.29) is 12.2 Å². The number of aryl methyl sites for hydroxylation is 2. The van der Waals surface area contributed by atoms with Crippen molar-refractivity contribution in [2.45, 2.75) is 26.8 Å². The van der Waals surface area contributed by atoms with Gasteiger partial charge in [-0.15, -0.1) is 0 Å². The number of aromatic nitrogens is 1. The first-order valence-corrected chi connectivity index (χ1v) is 15.6. The van der Waals surface area contributed by atoms with Crippen molar-refractivity contribution < 1.29 is 19.0 Å². The van der Waals surface area contributed by atoms with Crippen molar-refractivity contribution >= 4 is 34.8 Å². The fourth-order valence-electron chi connectivity index (χ4n) is 5.82. The Morgan fingerprint density at radius 3 is 2.45 bits per heavy atom. The van der Waals surface area contributed by atoms with E-state index in [0.717, 1.165) is 65.6 Å². The fourth-order valence-corrected chi connectivity index (χ4v) is 6.82. The fraction of sp³-hybridized carbons (Fsp3) is 0.286. The van der Waals surface area contributed by atoms with E-state index in [1.54, 1.807) is 18.6 Å². The molecule has 6 rings (SSSR count). The van der Waals surface area contributed by atoms with Crippen LogP contribution in [0.25, 0.3) is 11.8 Å². The van der Waals surface area contributed by atoms with Crippen molar-refractivity contribution in [1.29, 1.82) is 0 Å². The standard InChI is InChI=1S/C35H35N3O5S/c1-5-43-34(40)30-31(25-9-7-6-8-10-25)36-35-38(32(30)27-19-23(3)28(41-4)20-22(27)2)33(39)29(44-35)21-24-11-13-26(14-12-24)37-15-17-42-18-16-37/h6-14,19-21,32H,5,15-18H2,1-4H3. The summed E-state index contributed by atoms with van der Waals surface area (Å²) < 4.78 is 18.8. The number of morpholine rings is 1. The summed E-state index contributed by atoms with van der Waals surface area (Å²) in [6.07, 6.45) is 1.90. The summed E-state index contributed by atoms with van der Waals surface area (Å²) in [5, 5.41) is 0. The Balaban J connectivity index is 1.56. The molecule has 0 amide bonds. The van der Waals surface area contributed by atoms with Crippen LogP contribution in [0.15, 0.2) is 82.1 Å². The lowest BCUT2D eigenvalue weighted by atomic mass is 9.89. The normalized spacial score (nSPS) is 16.9. The molecule has 2 aliphatic rings.